The maximum Gasteiger partial charge on any atom is 0.327 e. The predicted molar refractivity (Wildman–Crippen MR) is 84.3 cm³/mol. The minimum atomic E-state index is -0.919. The first-order valence-electron chi connectivity index (χ1n) is 7.46. The van der Waals surface area contributed by atoms with E-state index in [0.717, 1.165) is 4.90 Å². The van der Waals surface area contributed by atoms with Crippen molar-refractivity contribution in [1.29, 1.82) is 0 Å². The highest BCUT2D eigenvalue weighted by Gasteiger charge is 2.39. The molecule has 0 spiro atoms. The second kappa shape index (κ2) is 6.03. The second-order valence-electron chi connectivity index (χ2n) is 5.88. The summed E-state index contributed by atoms with van der Waals surface area (Å²) in [5, 5.41) is 0. The minimum absolute atomic E-state index is 0.0996. The monoisotopic (exact) mass is 330 g/mol. The van der Waals surface area contributed by atoms with Gasteiger partial charge in [0.05, 0.1) is 12.5 Å². The molecule has 0 aliphatic carbocycles. The lowest BCUT2D eigenvalue weighted by atomic mass is 9.87. The fourth-order valence-corrected chi connectivity index (χ4v) is 2.96. The number of hydrogen-bond acceptors (Lipinski definition) is 2. The van der Waals surface area contributed by atoms with Gasteiger partial charge in [-0.25, -0.2) is 13.6 Å². The summed E-state index contributed by atoms with van der Waals surface area (Å²) in [5.74, 6) is -1.48. The molecule has 3 amide bonds. The molecule has 1 aliphatic rings. The number of carbonyl (C=O) groups is 2. The van der Waals surface area contributed by atoms with Crippen LogP contribution in [0.25, 0.3) is 0 Å². The Balaban J connectivity index is 2.23. The Labute approximate surface area is 138 Å². The number of benzene rings is 2. The molecule has 1 heterocycles. The number of carbonyl (C=O) groups excluding carboxylic acids is 2. The minimum Gasteiger partial charge on any atom is -0.330 e. The van der Waals surface area contributed by atoms with Gasteiger partial charge in [0, 0.05) is 19.7 Å². The lowest BCUT2D eigenvalue weighted by molar-refractivity contribution is -0.130. The predicted octanol–water partition coefficient (Wildman–Crippen LogP) is 3.12. The molecular formula is C18H16F2N2O2. The fourth-order valence-electron chi connectivity index (χ4n) is 2.96. The van der Waals surface area contributed by atoms with Crippen LogP contribution < -0.4 is 0 Å². The molecule has 2 aromatic carbocycles. The van der Waals surface area contributed by atoms with E-state index in [2.05, 4.69) is 0 Å². The van der Waals surface area contributed by atoms with Crippen molar-refractivity contribution in [3.05, 3.63) is 70.8 Å². The highest BCUT2D eigenvalue weighted by molar-refractivity contribution is 5.97. The van der Waals surface area contributed by atoms with E-state index in [-0.39, 0.29) is 12.0 Å². The van der Waals surface area contributed by atoms with Crippen molar-refractivity contribution in [3.8, 4) is 0 Å². The number of urea groups is 1. The number of rotatable bonds is 1. The molecule has 0 bridgehead atoms. The third kappa shape index (κ3) is 2.64. The van der Waals surface area contributed by atoms with E-state index in [1.807, 2.05) is 0 Å². The van der Waals surface area contributed by atoms with Crippen LogP contribution in [-0.4, -0.2) is 35.8 Å². The standard InChI is InChI=1S/C18H16F2N2O2/c1-21(2)18(24)22-16(23)10-11-9-12(19)7-8-13(11)17(22)14-5-3-4-6-15(14)20/h3-9,17H,10H2,1-2H3. The molecule has 0 radical (unpaired) electrons. The Morgan fingerprint density at radius 2 is 1.83 bits per heavy atom. The molecule has 24 heavy (non-hydrogen) atoms. The molecule has 0 fully saturated rings. The van der Waals surface area contributed by atoms with E-state index >= 15 is 0 Å². The third-order valence-corrected chi connectivity index (χ3v) is 4.06. The summed E-state index contributed by atoms with van der Waals surface area (Å²) in [7, 11) is 3.04. The van der Waals surface area contributed by atoms with E-state index in [4.69, 9.17) is 0 Å². The Hall–Kier alpha value is -2.76. The van der Waals surface area contributed by atoms with Crippen LogP contribution in [0.1, 0.15) is 22.7 Å². The van der Waals surface area contributed by atoms with Crippen LogP contribution in [0.4, 0.5) is 13.6 Å². The fraction of sp³-hybridized carbons (Fsp3) is 0.222. The molecule has 0 saturated carbocycles. The molecule has 124 valence electrons. The lowest BCUT2D eigenvalue weighted by Crippen LogP contribution is -2.49. The van der Waals surface area contributed by atoms with Crippen molar-refractivity contribution in [2.24, 2.45) is 0 Å². The normalized spacial score (nSPS) is 16.8. The van der Waals surface area contributed by atoms with Crippen LogP contribution in [0.15, 0.2) is 42.5 Å². The summed E-state index contributed by atoms with van der Waals surface area (Å²) < 4.78 is 27.9. The molecule has 0 N–H and O–H groups in total. The Morgan fingerprint density at radius 3 is 2.50 bits per heavy atom. The van der Waals surface area contributed by atoms with Gasteiger partial charge < -0.3 is 4.90 Å². The van der Waals surface area contributed by atoms with Gasteiger partial charge in [0.1, 0.15) is 11.6 Å². The second-order valence-corrected chi connectivity index (χ2v) is 5.88. The molecule has 0 aromatic heterocycles. The van der Waals surface area contributed by atoms with E-state index in [1.165, 1.54) is 55.4 Å². The molecule has 2 aromatic rings. The van der Waals surface area contributed by atoms with Gasteiger partial charge >= 0.3 is 6.03 Å². The van der Waals surface area contributed by atoms with Crippen LogP contribution in [0.5, 0.6) is 0 Å². The van der Waals surface area contributed by atoms with Crippen molar-refractivity contribution in [2.45, 2.75) is 12.5 Å². The summed E-state index contributed by atoms with van der Waals surface area (Å²) >= 11 is 0. The van der Waals surface area contributed by atoms with Crippen LogP contribution in [0.3, 0.4) is 0 Å². The average Bonchev–Trinajstić information content (AvgIpc) is 2.53. The van der Waals surface area contributed by atoms with E-state index in [0.29, 0.717) is 11.1 Å². The van der Waals surface area contributed by atoms with Crippen LogP contribution in [0.2, 0.25) is 0 Å². The van der Waals surface area contributed by atoms with E-state index in [9.17, 15) is 18.4 Å². The van der Waals surface area contributed by atoms with Gasteiger partial charge in [-0.1, -0.05) is 24.3 Å². The molecule has 3 rings (SSSR count). The smallest absolute Gasteiger partial charge is 0.327 e. The van der Waals surface area contributed by atoms with Gasteiger partial charge in [0.25, 0.3) is 0 Å². The summed E-state index contributed by atoms with van der Waals surface area (Å²) in [6, 6.07) is 8.54. The van der Waals surface area contributed by atoms with Gasteiger partial charge in [0.2, 0.25) is 5.91 Å². The molecule has 4 nitrogen and oxygen atoms in total. The number of imide groups is 1. The molecular weight excluding hydrogens is 314 g/mol. The number of fused-ring (bicyclic) bond motifs is 1. The maximum atomic E-state index is 14.4. The van der Waals surface area contributed by atoms with E-state index in [1.54, 1.807) is 6.07 Å². The topological polar surface area (TPSA) is 40.6 Å². The molecule has 6 heteroatoms. The zero-order chi connectivity index (χ0) is 17.4. The van der Waals surface area contributed by atoms with Gasteiger partial charge in [-0.3, -0.25) is 9.69 Å². The van der Waals surface area contributed by atoms with Crippen molar-refractivity contribution in [3.63, 3.8) is 0 Å². The zero-order valence-electron chi connectivity index (χ0n) is 13.3. The van der Waals surface area contributed by atoms with Crippen LogP contribution in [-0.2, 0) is 11.2 Å². The molecule has 1 unspecified atom stereocenters. The highest BCUT2D eigenvalue weighted by atomic mass is 19.1. The van der Waals surface area contributed by atoms with Crippen molar-refractivity contribution < 1.29 is 18.4 Å². The van der Waals surface area contributed by atoms with Crippen molar-refractivity contribution >= 4 is 11.9 Å². The lowest BCUT2D eigenvalue weighted by Gasteiger charge is -2.37. The molecule has 1 aliphatic heterocycles. The number of halogens is 2. The molecule has 1 atom stereocenters. The Kier molecular flexibility index (Phi) is 4.05. The van der Waals surface area contributed by atoms with Crippen molar-refractivity contribution in [1.82, 2.24) is 9.80 Å². The van der Waals surface area contributed by atoms with Gasteiger partial charge in [-0.15, -0.1) is 0 Å². The summed E-state index contributed by atoms with van der Waals surface area (Å²) in [4.78, 5) is 27.4. The average molecular weight is 330 g/mol. The first kappa shape index (κ1) is 16.1. The number of hydrogen-bond donors (Lipinski definition) is 0. The first-order chi connectivity index (χ1) is 11.4. The van der Waals surface area contributed by atoms with Crippen LogP contribution in [0, 0.1) is 11.6 Å². The molecule has 0 saturated heterocycles. The number of amides is 3. The maximum absolute atomic E-state index is 14.4. The largest absolute Gasteiger partial charge is 0.330 e. The summed E-state index contributed by atoms with van der Waals surface area (Å²) in [6.07, 6.45) is -0.0996. The van der Waals surface area contributed by atoms with Gasteiger partial charge in [0.15, 0.2) is 0 Å². The van der Waals surface area contributed by atoms with Gasteiger partial charge in [-0.05, 0) is 29.3 Å². The van der Waals surface area contributed by atoms with E-state index < -0.39 is 29.6 Å². The van der Waals surface area contributed by atoms with Gasteiger partial charge in [-0.2, -0.15) is 0 Å². The van der Waals surface area contributed by atoms with Crippen LogP contribution >= 0.6 is 0 Å². The third-order valence-electron chi connectivity index (χ3n) is 4.06. The first-order valence-corrected chi connectivity index (χ1v) is 7.46. The van der Waals surface area contributed by atoms with Crippen molar-refractivity contribution in [2.75, 3.05) is 14.1 Å². The SMILES string of the molecule is CN(C)C(=O)N1C(=O)Cc2cc(F)ccc2C1c1ccccc1F. The number of nitrogens with zero attached hydrogens (tertiary/aromatic N) is 2. The zero-order valence-corrected chi connectivity index (χ0v) is 13.3. The summed E-state index contributed by atoms with van der Waals surface area (Å²) in [5.41, 5.74) is 1.22. The highest BCUT2D eigenvalue weighted by Crippen LogP contribution is 2.37. The summed E-state index contributed by atoms with van der Waals surface area (Å²) in [6.45, 7) is 0. The quantitative estimate of drug-likeness (QED) is 0.806. The Bertz CT molecular complexity index is 820. The Morgan fingerprint density at radius 1 is 1.12 bits per heavy atom.